The van der Waals surface area contributed by atoms with Gasteiger partial charge in [0.05, 0.1) is 10.7 Å². The highest BCUT2D eigenvalue weighted by molar-refractivity contribution is 9.10. The Morgan fingerprint density at radius 1 is 1.22 bits per heavy atom. The Morgan fingerprint density at radius 2 is 1.89 bits per heavy atom. The van der Waals surface area contributed by atoms with Gasteiger partial charge in [-0.3, -0.25) is 0 Å². The molecular formula is C12H16BrN5. The summed E-state index contributed by atoms with van der Waals surface area (Å²) in [6.45, 7) is 7.14. The van der Waals surface area contributed by atoms with E-state index in [1.807, 2.05) is 18.6 Å². The van der Waals surface area contributed by atoms with E-state index in [1.165, 1.54) is 0 Å². The third-order valence-corrected chi connectivity index (χ3v) is 2.68. The molecular weight excluding hydrogens is 294 g/mol. The number of rotatable bonds is 3. The van der Waals surface area contributed by atoms with E-state index in [-0.39, 0.29) is 5.54 Å². The lowest BCUT2D eigenvalue weighted by Crippen LogP contribution is -2.35. The fourth-order valence-corrected chi connectivity index (χ4v) is 1.62. The van der Waals surface area contributed by atoms with E-state index in [4.69, 9.17) is 0 Å². The van der Waals surface area contributed by atoms with Gasteiger partial charge in [-0.25, -0.2) is 14.6 Å². The second kappa shape index (κ2) is 5.16. The molecule has 1 N–H and O–H groups in total. The fourth-order valence-electron chi connectivity index (χ4n) is 1.33. The average molecular weight is 310 g/mol. The van der Waals surface area contributed by atoms with Crippen LogP contribution in [0.5, 0.6) is 0 Å². The van der Waals surface area contributed by atoms with Crippen molar-refractivity contribution in [1.29, 1.82) is 0 Å². The Bertz CT molecular complexity index is 512. The summed E-state index contributed by atoms with van der Waals surface area (Å²) in [7, 11) is 0. The zero-order valence-corrected chi connectivity index (χ0v) is 12.3. The largest absolute Gasteiger partial charge is 0.308 e. The second-order valence-corrected chi connectivity index (χ2v) is 6.01. The van der Waals surface area contributed by atoms with Crippen LogP contribution in [0.1, 0.15) is 26.3 Å². The van der Waals surface area contributed by atoms with Crippen LogP contribution >= 0.6 is 15.9 Å². The summed E-state index contributed by atoms with van der Waals surface area (Å²) in [5, 5.41) is 7.52. The quantitative estimate of drug-likeness (QED) is 0.945. The van der Waals surface area contributed by atoms with Crippen LogP contribution in [0.3, 0.4) is 0 Å². The number of nitrogens with zero attached hydrogens (tertiary/aromatic N) is 4. The molecule has 0 aromatic carbocycles. The maximum Gasteiger partial charge on any atom is 0.250 e. The third kappa shape index (κ3) is 3.61. The smallest absolute Gasteiger partial charge is 0.250 e. The van der Waals surface area contributed by atoms with Crippen molar-refractivity contribution >= 4 is 15.9 Å². The first-order valence-corrected chi connectivity index (χ1v) is 6.50. The van der Waals surface area contributed by atoms with Gasteiger partial charge in [-0.1, -0.05) is 0 Å². The minimum atomic E-state index is 0.0888. The van der Waals surface area contributed by atoms with Gasteiger partial charge in [-0.15, -0.1) is 0 Å². The van der Waals surface area contributed by atoms with Crippen LogP contribution < -0.4 is 5.32 Å². The summed E-state index contributed by atoms with van der Waals surface area (Å²) in [6.07, 6.45) is 7.16. The van der Waals surface area contributed by atoms with Crippen LogP contribution in [-0.2, 0) is 6.54 Å². The first kappa shape index (κ1) is 13.2. The molecule has 0 atom stereocenters. The molecule has 0 amide bonds. The molecule has 96 valence electrons. The zero-order chi connectivity index (χ0) is 13.2. The number of halogens is 1. The van der Waals surface area contributed by atoms with Gasteiger partial charge in [0.1, 0.15) is 0 Å². The molecule has 0 aliphatic heterocycles. The Morgan fingerprint density at radius 3 is 2.39 bits per heavy atom. The molecule has 2 heterocycles. The van der Waals surface area contributed by atoms with E-state index in [2.05, 4.69) is 57.1 Å². The lowest BCUT2D eigenvalue weighted by Gasteiger charge is -2.20. The normalized spacial score (nSPS) is 11.8. The highest BCUT2D eigenvalue weighted by Gasteiger charge is 2.09. The molecule has 0 spiro atoms. The molecule has 18 heavy (non-hydrogen) atoms. The van der Waals surface area contributed by atoms with Crippen molar-refractivity contribution in [3.63, 3.8) is 0 Å². The number of aromatic nitrogens is 4. The molecule has 2 aromatic heterocycles. The Balaban J connectivity index is 2.06. The van der Waals surface area contributed by atoms with E-state index in [0.29, 0.717) is 5.95 Å². The van der Waals surface area contributed by atoms with Crippen LogP contribution in [0, 0.1) is 0 Å². The first-order chi connectivity index (χ1) is 8.44. The fraction of sp³-hybridized carbons (Fsp3) is 0.417. The molecule has 2 aromatic rings. The molecule has 0 saturated carbocycles. The van der Waals surface area contributed by atoms with Gasteiger partial charge >= 0.3 is 0 Å². The molecule has 0 unspecified atom stereocenters. The van der Waals surface area contributed by atoms with Crippen molar-refractivity contribution in [2.24, 2.45) is 0 Å². The number of hydrogen-bond acceptors (Lipinski definition) is 4. The Kier molecular flexibility index (Phi) is 3.77. The standard InChI is InChI=1S/C12H16BrN5/c1-12(2,3)16-6-9-4-14-11(15-5-9)18-8-10(13)7-17-18/h4-5,7-8,16H,6H2,1-3H3. The molecule has 0 saturated heterocycles. The zero-order valence-electron chi connectivity index (χ0n) is 10.7. The van der Waals surface area contributed by atoms with Crippen molar-refractivity contribution in [2.45, 2.75) is 32.9 Å². The maximum atomic E-state index is 4.29. The van der Waals surface area contributed by atoms with Gasteiger partial charge in [0.25, 0.3) is 0 Å². The molecule has 0 aliphatic rings. The SMILES string of the molecule is CC(C)(C)NCc1cnc(-n2cc(Br)cn2)nc1. The molecule has 0 bridgehead atoms. The predicted octanol–water partition coefficient (Wildman–Crippen LogP) is 2.31. The predicted molar refractivity (Wildman–Crippen MR) is 73.4 cm³/mol. The summed E-state index contributed by atoms with van der Waals surface area (Å²) in [6, 6.07) is 0. The van der Waals surface area contributed by atoms with E-state index < -0.39 is 0 Å². The highest BCUT2D eigenvalue weighted by atomic mass is 79.9. The van der Waals surface area contributed by atoms with Gasteiger partial charge in [0.2, 0.25) is 5.95 Å². The van der Waals surface area contributed by atoms with Crippen molar-refractivity contribution in [2.75, 3.05) is 0 Å². The number of hydrogen-bond donors (Lipinski definition) is 1. The van der Waals surface area contributed by atoms with Crippen molar-refractivity contribution < 1.29 is 0 Å². The van der Waals surface area contributed by atoms with Gasteiger partial charge < -0.3 is 5.32 Å². The third-order valence-electron chi connectivity index (χ3n) is 2.27. The molecule has 0 fully saturated rings. The number of nitrogens with one attached hydrogen (secondary N) is 1. The van der Waals surface area contributed by atoms with Crippen LogP contribution in [0.4, 0.5) is 0 Å². The summed E-state index contributed by atoms with van der Waals surface area (Å²) >= 11 is 3.34. The lowest BCUT2D eigenvalue weighted by atomic mass is 10.1. The molecule has 0 radical (unpaired) electrons. The minimum absolute atomic E-state index is 0.0888. The molecule has 5 nitrogen and oxygen atoms in total. The van der Waals surface area contributed by atoms with Crippen LogP contribution in [0.15, 0.2) is 29.3 Å². The van der Waals surface area contributed by atoms with Crippen LogP contribution in [-0.4, -0.2) is 25.3 Å². The van der Waals surface area contributed by atoms with Gasteiger partial charge in [-0.2, -0.15) is 5.10 Å². The summed E-state index contributed by atoms with van der Waals surface area (Å²) in [4.78, 5) is 8.58. The first-order valence-electron chi connectivity index (χ1n) is 5.70. The highest BCUT2D eigenvalue weighted by Crippen LogP contribution is 2.09. The monoisotopic (exact) mass is 309 g/mol. The molecule has 6 heteroatoms. The van der Waals surface area contributed by atoms with E-state index >= 15 is 0 Å². The summed E-state index contributed by atoms with van der Waals surface area (Å²) in [5.74, 6) is 0.570. The summed E-state index contributed by atoms with van der Waals surface area (Å²) < 4.78 is 2.54. The van der Waals surface area contributed by atoms with Crippen molar-refractivity contribution in [3.05, 3.63) is 34.8 Å². The second-order valence-electron chi connectivity index (χ2n) is 5.10. The average Bonchev–Trinajstić information content (AvgIpc) is 2.73. The topological polar surface area (TPSA) is 55.6 Å². The Hall–Kier alpha value is -1.27. The lowest BCUT2D eigenvalue weighted by molar-refractivity contribution is 0.423. The van der Waals surface area contributed by atoms with Crippen LogP contribution in [0.25, 0.3) is 5.95 Å². The van der Waals surface area contributed by atoms with E-state index in [0.717, 1.165) is 16.6 Å². The molecule has 0 aliphatic carbocycles. The minimum Gasteiger partial charge on any atom is -0.308 e. The summed E-state index contributed by atoms with van der Waals surface area (Å²) in [5.41, 5.74) is 1.14. The maximum absolute atomic E-state index is 4.29. The van der Waals surface area contributed by atoms with Gasteiger partial charge in [0.15, 0.2) is 0 Å². The Labute approximate surface area is 115 Å². The van der Waals surface area contributed by atoms with E-state index in [1.54, 1.807) is 10.9 Å². The van der Waals surface area contributed by atoms with Crippen LogP contribution in [0.2, 0.25) is 0 Å². The van der Waals surface area contributed by atoms with Gasteiger partial charge in [0, 0.05) is 36.2 Å². The van der Waals surface area contributed by atoms with Crippen molar-refractivity contribution in [3.8, 4) is 5.95 Å². The van der Waals surface area contributed by atoms with Gasteiger partial charge in [-0.05, 0) is 36.7 Å². The van der Waals surface area contributed by atoms with E-state index in [9.17, 15) is 0 Å². The molecule has 2 rings (SSSR count). The van der Waals surface area contributed by atoms with Crippen molar-refractivity contribution in [1.82, 2.24) is 25.1 Å².